The number of aryl methyl sites for hydroxylation is 2. The Kier molecular flexibility index (Phi) is 6.46. The Morgan fingerprint density at radius 1 is 0.867 bits per heavy atom. The van der Waals surface area contributed by atoms with Gasteiger partial charge < -0.3 is 15.4 Å². The molecular weight excluding hydrogens is 372 g/mol. The van der Waals surface area contributed by atoms with Crippen LogP contribution in [0.4, 0.5) is 17.1 Å². The average molecular weight is 403 g/mol. The quantitative estimate of drug-likeness (QED) is 0.504. The molecule has 0 saturated heterocycles. The van der Waals surface area contributed by atoms with Gasteiger partial charge in [0, 0.05) is 5.69 Å². The lowest BCUT2D eigenvalue weighted by Gasteiger charge is -2.23. The number of carbonyl (C=O) groups excluding carboxylic acids is 1. The zero-order chi connectivity index (χ0) is 21.7. The van der Waals surface area contributed by atoms with E-state index in [-0.39, 0.29) is 17.9 Å². The maximum absolute atomic E-state index is 12.6. The van der Waals surface area contributed by atoms with Gasteiger partial charge in [-0.25, -0.2) is 0 Å². The average Bonchev–Trinajstić information content (AvgIpc) is 2.69. The summed E-state index contributed by atoms with van der Waals surface area (Å²) in [4.78, 5) is 12.6. The first kappa shape index (κ1) is 21.4. The molecule has 4 nitrogen and oxygen atoms in total. The predicted octanol–water partition coefficient (Wildman–Crippen LogP) is 6.36. The molecule has 0 heterocycles. The molecule has 1 amide bonds. The number of carbonyl (C=O) groups is 1. The molecule has 0 saturated carbocycles. The summed E-state index contributed by atoms with van der Waals surface area (Å²) in [5.74, 6) is 0.544. The smallest absolute Gasteiger partial charge is 0.262 e. The maximum Gasteiger partial charge on any atom is 0.262 e. The summed E-state index contributed by atoms with van der Waals surface area (Å²) in [6.45, 7) is 10.5. The summed E-state index contributed by atoms with van der Waals surface area (Å²) in [5, 5.41) is 6.31. The highest BCUT2D eigenvalue weighted by molar-refractivity contribution is 5.95. The molecule has 0 fully saturated rings. The SMILES string of the molecule is Cc1ccc(Nc2ccccc2NC(=O)COc2ccc(C)cc2C(C)(C)C)cc1. The van der Waals surface area contributed by atoms with Gasteiger partial charge in [-0.05, 0) is 55.2 Å². The third-order valence-electron chi connectivity index (χ3n) is 4.83. The molecule has 0 aliphatic carbocycles. The van der Waals surface area contributed by atoms with Crippen molar-refractivity contribution in [3.63, 3.8) is 0 Å². The lowest BCUT2D eigenvalue weighted by molar-refractivity contribution is -0.118. The van der Waals surface area contributed by atoms with E-state index in [1.807, 2.05) is 60.7 Å². The minimum atomic E-state index is -0.200. The Bertz CT molecular complexity index is 1020. The molecule has 0 bridgehead atoms. The zero-order valence-electron chi connectivity index (χ0n) is 18.4. The number of hydrogen-bond acceptors (Lipinski definition) is 3. The van der Waals surface area contributed by atoms with Gasteiger partial charge in [-0.3, -0.25) is 4.79 Å². The lowest BCUT2D eigenvalue weighted by atomic mass is 9.85. The predicted molar refractivity (Wildman–Crippen MR) is 125 cm³/mol. The highest BCUT2D eigenvalue weighted by Crippen LogP contribution is 2.32. The van der Waals surface area contributed by atoms with E-state index >= 15 is 0 Å². The van der Waals surface area contributed by atoms with Crippen LogP contribution in [0.3, 0.4) is 0 Å². The number of para-hydroxylation sites is 2. The third kappa shape index (κ3) is 5.63. The summed E-state index contributed by atoms with van der Waals surface area (Å²) in [6, 6.07) is 21.8. The standard InChI is InChI=1S/C26H30N2O2/c1-18-10-13-20(14-11-18)27-22-8-6-7-9-23(22)28-25(29)17-30-24-15-12-19(2)16-21(24)26(3,4)5/h6-16,27H,17H2,1-5H3,(H,28,29). The van der Waals surface area contributed by atoms with Crippen LogP contribution in [0.15, 0.2) is 66.7 Å². The molecule has 0 spiro atoms. The maximum atomic E-state index is 12.6. The second-order valence-electron chi connectivity index (χ2n) is 8.62. The van der Waals surface area contributed by atoms with E-state index in [2.05, 4.69) is 51.3 Å². The number of nitrogens with one attached hydrogen (secondary N) is 2. The van der Waals surface area contributed by atoms with E-state index in [0.717, 1.165) is 22.7 Å². The zero-order valence-corrected chi connectivity index (χ0v) is 18.4. The molecule has 4 heteroatoms. The molecule has 0 radical (unpaired) electrons. The van der Waals surface area contributed by atoms with Crippen molar-refractivity contribution in [1.29, 1.82) is 0 Å². The summed E-state index contributed by atoms with van der Waals surface area (Å²) >= 11 is 0. The number of rotatable bonds is 6. The number of amides is 1. The number of hydrogen-bond donors (Lipinski definition) is 2. The molecule has 2 N–H and O–H groups in total. The molecule has 3 rings (SSSR count). The van der Waals surface area contributed by atoms with Crippen molar-refractivity contribution in [3.05, 3.63) is 83.4 Å². The van der Waals surface area contributed by atoms with E-state index in [9.17, 15) is 4.79 Å². The molecule has 3 aromatic rings. The van der Waals surface area contributed by atoms with Gasteiger partial charge in [0.05, 0.1) is 11.4 Å². The highest BCUT2D eigenvalue weighted by atomic mass is 16.5. The number of anilines is 3. The van der Waals surface area contributed by atoms with Crippen molar-refractivity contribution < 1.29 is 9.53 Å². The van der Waals surface area contributed by atoms with E-state index in [4.69, 9.17) is 4.74 Å². The number of benzene rings is 3. The van der Waals surface area contributed by atoms with E-state index in [0.29, 0.717) is 5.69 Å². The van der Waals surface area contributed by atoms with Crippen LogP contribution in [0.1, 0.15) is 37.5 Å². The first-order valence-corrected chi connectivity index (χ1v) is 10.2. The fraction of sp³-hybridized carbons (Fsp3) is 0.269. The fourth-order valence-corrected chi connectivity index (χ4v) is 3.18. The van der Waals surface area contributed by atoms with E-state index in [1.54, 1.807) is 0 Å². The van der Waals surface area contributed by atoms with Crippen LogP contribution in [0.5, 0.6) is 5.75 Å². The summed E-state index contributed by atoms with van der Waals surface area (Å²) < 4.78 is 5.89. The van der Waals surface area contributed by atoms with Gasteiger partial charge >= 0.3 is 0 Å². The lowest BCUT2D eigenvalue weighted by Crippen LogP contribution is -2.22. The van der Waals surface area contributed by atoms with Gasteiger partial charge in [0.1, 0.15) is 5.75 Å². The fourth-order valence-electron chi connectivity index (χ4n) is 3.18. The van der Waals surface area contributed by atoms with Crippen molar-refractivity contribution in [2.45, 2.75) is 40.0 Å². The van der Waals surface area contributed by atoms with Crippen LogP contribution in [0.25, 0.3) is 0 Å². The largest absolute Gasteiger partial charge is 0.483 e. The van der Waals surface area contributed by atoms with Crippen LogP contribution < -0.4 is 15.4 Å². The van der Waals surface area contributed by atoms with Gasteiger partial charge in [-0.2, -0.15) is 0 Å². The second-order valence-corrected chi connectivity index (χ2v) is 8.62. The Hall–Kier alpha value is -3.27. The molecule has 30 heavy (non-hydrogen) atoms. The Balaban J connectivity index is 1.68. The molecule has 3 aromatic carbocycles. The van der Waals surface area contributed by atoms with Crippen LogP contribution in [0.2, 0.25) is 0 Å². The second kappa shape index (κ2) is 9.04. The summed E-state index contributed by atoms with van der Waals surface area (Å²) in [7, 11) is 0. The van der Waals surface area contributed by atoms with Gasteiger partial charge in [-0.1, -0.05) is 68.3 Å². The van der Waals surface area contributed by atoms with Gasteiger partial charge in [0.15, 0.2) is 6.61 Å². The van der Waals surface area contributed by atoms with Gasteiger partial charge in [0.25, 0.3) is 5.91 Å². The molecular formula is C26H30N2O2. The van der Waals surface area contributed by atoms with Crippen LogP contribution in [-0.4, -0.2) is 12.5 Å². The molecule has 0 atom stereocenters. The third-order valence-corrected chi connectivity index (χ3v) is 4.83. The normalized spacial score (nSPS) is 11.1. The minimum absolute atomic E-state index is 0.0506. The van der Waals surface area contributed by atoms with Crippen molar-refractivity contribution in [2.24, 2.45) is 0 Å². The molecule has 0 aliphatic heterocycles. The highest BCUT2D eigenvalue weighted by Gasteiger charge is 2.20. The van der Waals surface area contributed by atoms with E-state index in [1.165, 1.54) is 11.1 Å². The number of ether oxygens (including phenoxy) is 1. The Morgan fingerprint density at radius 3 is 2.17 bits per heavy atom. The molecule has 0 unspecified atom stereocenters. The molecule has 0 aromatic heterocycles. The molecule has 156 valence electrons. The minimum Gasteiger partial charge on any atom is -0.483 e. The van der Waals surface area contributed by atoms with Crippen molar-refractivity contribution in [3.8, 4) is 5.75 Å². The summed E-state index contributed by atoms with van der Waals surface area (Å²) in [6.07, 6.45) is 0. The molecule has 0 aliphatic rings. The van der Waals surface area contributed by atoms with Gasteiger partial charge in [-0.15, -0.1) is 0 Å². The summed E-state index contributed by atoms with van der Waals surface area (Å²) in [5.41, 5.74) is 5.91. The first-order chi connectivity index (χ1) is 14.2. The van der Waals surface area contributed by atoms with Crippen LogP contribution in [0, 0.1) is 13.8 Å². The Morgan fingerprint density at radius 2 is 1.50 bits per heavy atom. The first-order valence-electron chi connectivity index (χ1n) is 10.2. The topological polar surface area (TPSA) is 50.4 Å². The van der Waals surface area contributed by atoms with Crippen LogP contribution in [-0.2, 0) is 10.2 Å². The van der Waals surface area contributed by atoms with Gasteiger partial charge in [0.2, 0.25) is 0 Å². The van der Waals surface area contributed by atoms with Crippen LogP contribution >= 0.6 is 0 Å². The van der Waals surface area contributed by atoms with Crippen molar-refractivity contribution in [1.82, 2.24) is 0 Å². The Labute approximate surface area is 179 Å². The monoisotopic (exact) mass is 402 g/mol. The van der Waals surface area contributed by atoms with Crippen molar-refractivity contribution in [2.75, 3.05) is 17.2 Å². The van der Waals surface area contributed by atoms with Crippen molar-refractivity contribution >= 4 is 23.0 Å². The van der Waals surface area contributed by atoms with E-state index < -0.39 is 0 Å².